The number of rotatable bonds is 2. The van der Waals surface area contributed by atoms with Crippen molar-refractivity contribution in [2.75, 3.05) is 0 Å². The molecule has 0 nitrogen and oxygen atoms in total. The molecule has 0 radical (unpaired) electrons. The molecule has 3 aliphatic carbocycles. The van der Waals surface area contributed by atoms with Gasteiger partial charge >= 0.3 is 0 Å². The average molecular weight is 212 g/mol. The minimum Gasteiger partial charge on any atom is -0.102 e. The quantitative estimate of drug-likeness (QED) is 0.599. The van der Waals surface area contributed by atoms with Gasteiger partial charge in [-0.25, -0.2) is 0 Å². The molecule has 3 rings (SSSR count). The van der Waals surface area contributed by atoms with Crippen LogP contribution in [0.2, 0.25) is 0 Å². The van der Waals surface area contributed by atoms with Crippen molar-refractivity contribution in [3.8, 4) is 0 Å². The fraction of sp³-hybridized carbons (Fsp3) is 0.375. The fourth-order valence-electron chi connectivity index (χ4n) is 2.43. The minimum atomic E-state index is 0.591. The Morgan fingerprint density at radius 2 is 1.12 bits per heavy atom. The van der Waals surface area contributed by atoms with Crippen molar-refractivity contribution in [3.05, 3.63) is 61.8 Å². The van der Waals surface area contributed by atoms with E-state index in [0.717, 1.165) is 11.8 Å². The zero-order chi connectivity index (χ0) is 11.4. The Balaban J connectivity index is 0.000000123. The first-order chi connectivity index (χ1) is 7.81. The van der Waals surface area contributed by atoms with E-state index < -0.39 is 0 Å². The Morgan fingerprint density at radius 1 is 0.688 bits per heavy atom. The summed E-state index contributed by atoms with van der Waals surface area (Å²) in [7, 11) is 0. The zero-order valence-corrected chi connectivity index (χ0v) is 9.76. The Morgan fingerprint density at radius 3 is 1.31 bits per heavy atom. The molecule has 0 heterocycles. The van der Waals surface area contributed by atoms with Crippen LogP contribution >= 0.6 is 0 Å². The summed E-state index contributed by atoms with van der Waals surface area (Å²) in [6.45, 7) is 7.45. The molecule has 0 spiro atoms. The lowest BCUT2D eigenvalue weighted by molar-refractivity contribution is 0.679. The molecule has 0 aromatic heterocycles. The van der Waals surface area contributed by atoms with Gasteiger partial charge in [-0.05, 0) is 36.5 Å². The standard InChI is InChI=1S/C9H12.C7H8/c1-3-8-5-6-9(4-2)7-8;1-2-7-4-3-6(1)5-7/h3-6,8-9H,1-2,7H2;1-4,6-7H,5H2. The molecule has 0 aromatic carbocycles. The van der Waals surface area contributed by atoms with E-state index in [-0.39, 0.29) is 0 Å². The second-order valence-electron chi connectivity index (χ2n) is 4.75. The molecule has 0 saturated carbocycles. The first kappa shape index (κ1) is 11.2. The number of fused-ring (bicyclic) bond motifs is 2. The van der Waals surface area contributed by atoms with Gasteiger partial charge in [0.2, 0.25) is 0 Å². The van der Waals surface area contributed by atoms with Crippen molar-refractivity contribution in [1.29, 1.82) is 0 Å². The maximum absolute atomic E-state index is 3.73. The largest absolute Gasteiger partial charge is 0.102 e. The van der Waals surface area contributed by atoms with Crippen molar-refractivity contribution in [3.63, 3.8) is 0 Å². The smallest absolute Gasteiger partial charge is 0.00445 e. The third-order valence-corrected chi connectivity index (χ3v) is 3.51. The van der Waals surface area contributed by atoms with Crippen LogP contribution in [0.1, 0.15) is 12.8 Å². The van der Waals surface area contributed by atoms with Crippen molar-refractivity contribution >= 4 is 0 Å². The molecule has 2 unspecified atom stereocenters. The molecule has 84 valence electrons. The van der Waals surface area contributed by atoms with Gasteiger partial charge in [0.1, 0.15) is 0 Å². The molecule has 2 atom stereocenters. The van der Waals surface area contributed by atoms with E-state index in [1.165, 1.54) is 12.8 Å². The maximum atomic E-state index is 3.73. The third kappa shape index (κ3) is 2.63. The predicted octanol–water partition coefficient (Wildman–Crippen LogP) is 4.30. The van der Waals surface area contributed by atoms with Crippen LogP contribution in [0.15, 0.2) is 61.8 Å². The van der Waals surface area contributed by atoms with Crippen LogP contribution in [0.3, 0.4) is 0 Å². The highest BCUT2D eigenvalue weighted by molar-refractivity contribution is 5.21. The Hall–Kier alpha value is -1.30. The van der Waals surface area contributed by atoms with Crippen LogP contribution in [0, 0.1) is 23.7 Å². The van der Waals surface area contributed by atoms with Crippen LogP contribution in [-0.4, -0.2) is 0 Å². The number of allylic oxidation sites excluding steroid dienone is 8. The summed E-state index contributed by atoms with van der Waals surface area (Å²) in [4.78, 5) is 0. The molecule has 0 aliphatic heterocycles. The summed E-state index contributed by atoms with van der Waals surface area (Å²) in [5.74, 6) is 2.80. The van der Waals surface area contributed by atoms with Crippen LogP contribution in [0.25, 0.3) is 0 Å². The van der Waals surface area contributed by atoms with Gasteiger partial charge in [-0.3, -0.25) is 0 Å². The summed E-state index contributed by atoms with van der Waals surface area (Å²) < 4.78 is 0. The molecule has 0 saturated heterocycles. The van der Waals surface area contributed by atoms with Crippen molar-refractivity contribution in [1.82, 2.24) is 0 Å². The van der Waals surface area contributed by atoms with Gasteiger partial charge in [0.05, 0.1) is 0 Å². The first-order valence-corrected chi connectivity index (χ1v) is 6.12. The lowest BCUT2D eigenvalue weighted by atomic mass is 10.0. The van der Waals surface area contributed by atoms with Gasteiger partial charge in [-0.15, -0.1) is 13.2 Å². The topological polar surface area (TPSA) is 0 Å². The molecule has 2 bridgehead atoms. The fourth-order valence-corrected chi connectivity index (χ4v) is 2.43. The van der Waals surface area contributed by atoms with Gasteiger partial charge < -0.3 is 0 Å². The van der Waals surface area contributed by atoms with E-state index >= 15 is 0 Å². The number of hydrogen-bond acceptors (Lipinski definition) is 0. The third-order valence-electron chi connectivity index (χ3n) is 3.51. The summed E-state index contributed by atoms with van der Waals surface area (Å²) in [5.41, 5.74) is 0. The molecule has 0 N–H and O–H groups in total. The van der Waals surface area contributed by atoms with E-state index in [4.69, 9.17) is 0 Å². The summed E-state index contributed by atoms with van der Waals surface area (Å²) in [6, 6.07) is 0. The van der Waals surface area contributed by atoms with E-state index in [0.29, 0.717) is 11.8 Å². The monoisotopic (exact) mass is 212 g/mol. The minimum absolute atomic E-state index is 0.591. The van der Waals surface area contributed by atoms with Crippen LogP contribution < -0.4 is 0 Å². The zero-order valence-electron chi connectivity index (χ0n) is 9.76. The molecular weight excluding hydrogens is 192 g/mol. The van der Waals surface area contributed by atoms with E-state index in [9.17, 15) is 0 Å². The van der Waals surface area contributed by atoms with Gasteiger partial charge in [0.25, 0.3) is 0 Å². The second kappa shape index (κ2) is 5.16. The molecule has 0 aromatic rings. The summed E-state index contributed by atoms with van der Waals surface area (Å²) in [5, 5.41) is 0. The highest BCUT2D eigenvalue weighted by atomic mass is 14.2. The Labute approximate surface area is 98.8 Å². The lowest BCUT2D eigenvalue weighted by Gasteiger charge is -2.00. The molecule has 16 heavy (non-hydrogen) atoms. The van der Waals surface area contributed by atoms with E-state index in [1.54, 1.807) is 0 Å². The Kier molecular flexibility index (Phi) is 3.61. The lowest BCUT2D eigenvalue weighted by Crippen LogP contribution is -1.90. The van der Waals surface area contributed by atoms with Crippen LogP contribution in [0.4, 0.5) is 0 Å². The molecule has 3 aliphatic rings. The van der Waals surface area contributed by atoms with Crippen molar-refractivity contribution in [2.45, 2.75) is 12.8 Å². The normalized spacial score (nSPS) is 37.2. The molecule has 0 fully saturated rings. The molecule has 0 heteroatoms. The van der Waals surface area contributed by atoms with Crippen LogP contribution in [-0.2, 0) is 0 Å². The highest BCUT2D eigenvalue weighted by Crippen LogP contribution is 2.31. The first-order valence-electron chi connectivity index (χ1n) is 6.12. The van der Waals surface area contributed by atoms with Gasteiger partial charge in [-0.2, -0.15) is 0 Å². The summed E-state index contributed by atoms with van der Waals surface area (Å²) >= 11 is 0. The molecule has 0 amide bonds. The SMILES string of the molecule is C1=CC2C=CC1C2.C=CC1C=CC(C=C)C1. The van der Waals surface area contributed by atoms with Gasteiger partial charge in [-0.1, -0.05) is 48.6 Å². The maximum Gasteiger partial charge on any atom is -0.00445 e. The van der Waals surface area contributed by atoms with Gasteiger partial charge in [0.15, 0.2) is 0 Å². The van der Waals surface area contributed by atoms with Crippen molar-refractivity contribution < 1.29 is 0 Å². The van der Waals surface area contributed by atoms with E-state index in [2.05, 4.69) is 49.6 Å². The molecular formula is C16H20. The highest BCUT2D eigenvalue weighted by Gasteiger charge is 2.19. The second-order valence-corrected chi connectivity index (χ2v) is 4.75. The van der Waals surface area contributed by atoms with Crippen molar-refractivity contribution in [2.24, 2.45) is 23.7 Å². The van der Waals surface area contributed by atoms with Crippen LogP contribution in [0.5, 0.6) is 0 Å². The average Bonchev–Trinajstić information content (AvgIpc) is 3.06. The summed E-state index contributed by atoms with van der Waals surface area (Å²) in [6.07, 6.45) is 20.1. The number of hydrogen-bond donors (Lipinski definition) is 0. The predicted molar refractivity (Wildman–Crippen MR) is 71.0 cm³/mol. The Bertz CT molecular complexity index is 299. The van der Waals surface area contributed by atoms with Gasteiger partial charge in [0, 0.05) is 0 Å². The van der Waals surface area contributed by atoms with E-state index in [1.807, 2.05) is 12.2 Å².